The van der Waals surface area contributed by atoms with Crippen molar-refractivity contribution in [1.29, 1.82) is 0 Å². The van der Waals surface area contributed by atoms with E-state index in [1.165, 1.54) is 6.20 Å². The van der Waals surface area contributed by atoms with Crippen LogP contribution in [0, 0.1) is 5.82 Å². The van der Waals surface area contributed by atoms with Crippen molar-refractivity contribution in [3.8, 4) is 5.75 Å². The average molecular weight is 355 g/mol. The van der Waals surface area contributed by atoms with Crippen molar-refractivity contribution in [2.45, 2.75) is 31.3 Å². The molecule has 136 valence electrons. The molecule has 2 amide bonds. The molecule has 2 aliphatic rings. The molecular weight excluding hydrogens is 333 g/mol. The van der Waals surface area contributed by atoms with Gasteiger partial charge in [0.05, 0.1) is 19.3 Å². The summed E-state index contributed by atoms with van der Waals surface area (Å²) < 4.78 is 19.3. The second-order valence-corrected chi connectivity index (χ2v) is 6.98. The number of hydrogen-bond donors (Lipinski definition) is 0. The highest BCUT2D eigenvalue weighted by molar-refractivity contribution is 5.77. The summed E-state index contributed by atoms with van der Waals surface area (Å²) in [5.74, 6) is 0.687. The van der Waals surface area contributed by atoms with Gasteiger partial charge in [-0.1, -0.05) is 12.1 Å². The van der Waals surface area contributed by atoms with E-state index in [4.69, 9.17) is 4.74 Å². The first-order chi connectivity index (χ1) is 12.7. The third-order valence-corrected chi connectivity index (χ3v) is 5.41. The number of nitrogens with zero attached hydrogens (tertiary/aromatic N) is 3. The second kappa shape index (κ2) is 6.94. The Kier molecular flexibility index (Phi) is 4.49. The molecule has 2 aliphatic heterocycles. The fraction of sp³-hybridized carbons (Fsp3) is 0.400. The number of piperidine rings is 1. The number of benzene rings is 1. The van der Waals surface area contributed by atoms with Crippen molar-refractivity contribution in [3.05, 3.63) is 59.7 Å². The molecule has 2 atom stereocenters. The maximum atomic E-state index is 14.1. The van der Waals surface area contributed by atoms with Crippen molar-refractivity contribution in [1.82, 2.24) is 14.8 Å². The van der Waals surface area contributed by atoms with Gasteiger partial charge < -0.3 is 14.5 Å². The lowest BCUT2D eigenvalue weighted by Gasteiger charge is -2.33. The SMILES string of the molecule is COc1cccc(CN2C[C@@H]3CC(c4ccncc4F)CCN3C2=O)c1. The minimum atomic E-state index is -0.247. The van der Waals surface area contributed by atoms with E-state index in [1.807, 2.05) is 34.1 Å². The van der Waals surface area contributed by atoms with E-state index < -0.39 is 0 Å². The van der Waals surface area contributed by atoms with Crippen LogP contribution in [-0.2, 0) is 6.54 Å². The van der Waals surface area contributed by atoms with Crippen LogP contribution in [0.1, 0.15) is 29.9 Å². The topological polar surface area (TPSA) is 45.7 Å². The smallest absolute Gasteiger partial charge is 0.320 e. The number of rotatable bonds is 4. The van der Waals surface area contributed by atoms with Crippen molar-refractivity contribution < 1.29 is 13.9 Å². The molecule has 6 heteroatoms. The number of carbonyl (C=O) groups excluding carboxylic acids is 1. The number of amides is 2. The van der Waals surface area contributed by atoms with Gasteiger partial charge in [-0.3, -0.25) is 4.98 Å². The Morgan fingerprint density at radius 2 is 2.23 bits per heavy atom. The van der Waals surface area contributed by atoms with E-state index in [0.29, 0.717) is 19.6 Å². The van der Waals surface area contributed by atoms with Crippen molar-refractivity contribution >= 4 is 6.03 Å². The van der Waals surface area contributed by atoms with Crippen molar-refractivity contribution in [3.63, 3.8) is 0 Å². The molecule has 1 aromatic heterocycles. The first-order valence-electron chi connectivity index (χ1n) is 8.93. The maximum Gasteiger partial charge on any atom is 0.320 e. The highest BCUT2D eigenvalue weighted by Crippen LogP contribution is 2.36. The Morgan fingerprint density at radius 3 is 3.04 bits per heavy atom. The minimum Gasteiger partial charge on any atom is -0.497 e. The number of urea groups is 1. The lowest BCUT2D eigenvalue weighted by molar-refractivity contribution is 0.169. The zero-order valence-electron chi connectivity index (χ0n) is 14.8. The first-order valence-corrected chi connectivity index (χ1v) is 8.93. The van der Waals surface area contributed by atoms with Crippen LogP contribution in [-0.4, -0.2) is 47.1 Å². The number of aromatic nitrogens is 1. The molecule has 2 saturated heterocycles. The van der Waals surface area contributed by atoms with Gasteiger partial charge in [0, 0.05) is 25.8 Å². The summed E-state index contributed by atoms with van der Waals surface area (Å²) >= 11 is 0. The van der Waals surface area contributed by atoms with E-state index >= 15 is 0 Å². The number of carbonyl (C=O) groups is 1. The molecule has 0 bridgehead atoms. The Hall–Kier alpha value is -2.63. The molecule has 3 heterocycles. The van der Waals surface area contributed by atoms with Crippen LogP contribution in [0.25, 0.3) is 0 Å². The number of methoxy groups -OCH3 is 1. The van der Waals surface area contributed by atoms with Gasteiger partial charge in [0.2, 0.25) is 0 Å². The van der Waals surface area contributed by atoms with Crippen LogP contribution in [0.15, 0.2) is 42.7 Å². The molecule has 0 radical (unpaired) electrons. The highest BCUT2D eigenvalue weighted by atomic mass is 19.1. The molecule has 2 fully saturated rings. The zero-order valence-corrected chi connectivity index (χ0v) is 14.8. The maximum absolute atomic E-state index is 14.1. The predicted molar refractivity (Wildman–Crippen MR) is 95.5 cm³/mol. The molecule has 2 aromatic rings. The Bertz CT molecular complexity index is 813. The monoisotopic (exact) mass is 355 g/mol. The van der Waals surface area contributed by atoms with Crippen molar-refractivity contribution in [2.24, 2.45) is 0 Å². The van der Waals surface area contributed by atoms with Gasteiger partial charge in [-0.2, -0.15) is 0 Å². The Balaban J connectivity index is 1.46. The fourth-order valence-electron chi connectivity index (χ4n) is 4.11. The van der Waals surface area contributed by atoms with E-state index in [1.54, 1.807) is 19.4 Å². The van der Waals surface area contributed by atoms with Gasteiger partial charge in [0.15, 0.2) is 0 Å². The third-order valence-electron chi connectivity index (χ3n) is 5.41. The number of ether oxygens (including phenoxy) is 1. The molecular formula is C20H22FN3O2. The van der Waals surface area contributed by atoms with Gasteiger partial charge in [-0.05, 0) is 48.1 Å². The van der Waals surface area contributed by atoms with E-state index in [9.17, 15) is 9.18 Å². The molecule has 1 unspecified atom stereocenters. The Labute approximate surface area is 152 Å². The lowest BCUT2D eigenvalue weighted by Crippen LogP contribution is -2.40. The zero-order chi connectivity index (χ0) is 18.1. The van der Waals surface area contributed by atoms with Gasteiger partial charge in [0.25, 0.3) is 0 Å². The number of fused-ring (bicyclic) bond motifs is 1. The number of halogens is 1. The molecule has 0 saturated carbocycles. The summed E-state index contributed by atoms with van der Waals surface area (Å²) in [5.41, 5.74) is 1.77. The first kappa shape index (κ1) is 16.8. The van der Waals surface area contributed by atoms with Gasteiger partial charge in [-0.25, -0.2) is 9.18 Å². The average Bonchev–Trinajstić information content (AvgIpc) is 2.97. The second-order valence-electron chi connectivity index (χ2n) is 6.98. The summed E-state index contributed by atoms with van der Waals surface area (Å²) in [6.45, 7) is 1.92. The molecule has 0 N–H and O–H groups in total. The normalized spacial score (nSPS) is 22.5. The summed E-state index contributed by atoms with van der Waals surface area (Å²) in [5, 5.41) is 0. The Morgan fingerprint density at radius 1 is 1.35 bits per heavy atom. The minimum absolute atomic E-state index is 0.0754. The van der Waals surface area contributed by atoms with Crippen LogP contribution in [0.2, 0.25) is 0 Å². The molecule has 0 aliphatic carbocycles. The van der Waals surface area contributed by atoms with Crippen LogP contribution in [0.5, 0.6) is 5.75 Å². The summed E-state index contributed by atoms with van der Waals surface area (Å²) in [6.07, 6.45) is 4.49. The lowest BCUT2D eigenvalue weighted by atomic mass is 9.86. The van der Waals surface area contributed by atoms with E-state index in [-0.39, 0.29) is 23.8 Å². The van der Waals surface area contributed by atoms with Gasteiger partial charge >= 0.3 is 6.03 Å². The third kappa shape index (κ3) is 3.11. The standard InChI is InChI=1S/C20H22FN3O2/c1-26-17-4-2-3-14(9-17)12-23-13-16-10-15(6-8-24(16)20(23)25)18-5-7-22-11-19(18)21/h2-5,7,9,11,15-16H,6,8,10,12-13H2,1H3/t15?,16-/m0/s1. The summed E-state index contributed by atoms with van der Waals surface area (Å²) in [4.78, 5) is 20.4. The summed E-state index contributed by atoms with van der Waals surface area (Å²) in [7, 11) is 1.64. The molecule has 1 aromatic carbocycles. The van der Waals surface area contributed by atoms with Crippen LogP contribution in [0.4, 0.5) is 9.18 Å². The van der Waals surface area contributed by atoms with Crippen LogP contribution in [0.3, 0.4) is 0 Å². The van der Waals surface area contributed by atoms with Gasteiger partial charge in [0.1, 0.15) is 11.6 Å². The van der Waals surface area contributed by atoms with Crippen molar-refractivity contribution in [2.75, 3.05) is 20.2 Å². The molecule has 0 spiro atoms. The quantitative estimate of drug-likeness (QED) is 0.844. The van der Waals surface area contributed by atoms with Crippen LogP contribution < -0.4 is 4.74 Å². The molecule has 4 rings (SSSR count). The number of hydrogen-bond acceptors (Lipinski definition) is 3. The summed E-state index contributed by atoms with van der Waals surface area (Å²) in [6, 6.07) is 9.77. The van der Waals surface area contributed by atoms with Gasteiger partial charge in [-0.15, -0.1) is 0 Å². The van der Waals surface area contributed by atoms with Crippen LogP contribution >= 0.6 is 0 Å². The number of pyridine rings is 1. The van der Waals surface area contributed by atoms with E-state index in [2.05, 4.69) is 4.98 Å². The highest BCUT2D eigenvalue weighted by Gasteiger charge is 2.41. The fourth-order valence-corrected chi connectivity index (χ4v) is 4.11. The van der Waals surface area contributed by atoms with E-state index in [0.717, 1.165) is 29.7 Å². The predicted octanol–water partition coefficient (Wildman–Crippen LogP) is 3.41. The molecule has 26 heavy (non-hydrogen) atoms. The largest absolute Gasteiger partial charge is 0.497 e. The molecule has 5 nitrogen and oxygen atoms in total.